The molecule has 0 unspecified atom stereocenters. The normalized spacial score (nSPS) is 26.2. The molecular formula is C17H25NO2. The Morgan fingerprint density at radius 2 is 2.10 bits per heavy atom. The van der Waals surface area contributed by atoms with E-state index < -0.39 is 5.60 Å². The minimum atomic E-state index is -0.700. The van der Waals surface area contributed by atoms with Gasteiger partial charge in [0.1, 0.15) is 0 Å². The Bertz CT molecular complexity index is 462. The van der Waals surface area contributed by atoms with E-state index in [1.807, 2.05) is 31.2 Å². The van der Waals surface area contributed by atoms with Crippen LogP contribution in [0.15, 0.2) is 24.3 Å². The van der Waals surface area contributed by atoms with Gasteiger partial charge in [0, 0.05) is 6.54 Å². The van der Waals surface area contributed by atoms with Gasteiger partial charge in [0.05, 0.1) is 12.0 Å². The van der Waals surface area contributed by atoms with Crippen molar-refractivity contribution in [3.8, 4) is 0 Å². The van der Waals surface area contributed by atoms with Crippen LogP contribution in [0.3, 0.4) is 0 Å². The van der Waals surface area contributed by atoms with Gasteiger partial charge in [-0.25, -0.2) is 0 Å². The summed E-state index contributed by atoms with van der Waals surface area (Å²) in [5.41, 5.74) is 1.48. The molecule has 0 spiro atoms. The summed E-state index contributed by atoms with van der Waals surface area (Å²) in [6.45, 7) is 4.62. The zero-order valence-electron chi connectivity index (χ0n) is 12.5. The molecule has 3 nitrogen and oxygen atoms in total. The molecule has 1 aliphatic carbocycles. The van der Waals surface area contributed by atoms with Gasteiger partial charge in [-0.05, 0) is 44.1 Å². The fourth-order valence-corrected chi connectivity index (χ4v) is 2.81. The summed E-state index contributed by atoms with van der Waals surface area (Å²) in [4.78, 5) is 12.0. The maximum Gasteiger partial charge on any atom is 0.224 e. The lowest BCUT2D eigenvalue weighted by Gasteiger charge is -2.34. The Labute approximate surface area is 121 Å². The average Bonchev–Trinajstić information content (AvgIpc) is 2.41. The molecule has 3 heteroatoms. The fourth-order valence-electron chi connectivity index (χ4n) is 2.81. The highest BCUT2D eigenvalue weighted by molar-refractivity contribution is 5.78. The first-order chi connectivity index (χ1) is 9.47. The van der Waals surface area contributed by atoms with Gasteiger partial charge in [0.2, 0.25) is 5.91 Å². The van der Waals surface area contributed by atoms with Crippen molar-refractivity contribution in [3.63, 3.8) is 0 Å². The zero-order valence-corrected chi connectivity index (χ0v) is 12.5. The number of carbonyl (C=O) groups excluding carboxylic acids is 1. The van der Waals surface area contributed by atoms with Crippen molar-refractivity contribution in [1.82, 2.24) is 5.32 Å². The zero-order chi connectivity index (χ0) is 14.6. The Morgan fingerprint density at radius 1 is 1.40 bits per heavy atom. The van der Waals surface area contributed by atoms with Gasteiger partial charge in [-0.3, -0.25) is 4.79 Å². The van der Waals surface area contributed by atoms with E-state index in [1.165, 1.54) is 0 Å². The molecule has 1 aromatic rings. The van der Waals surface area contributed by atoms with Crippen LogP contribution in [-0.2, 0) is 11.2 Å². The lowest BCUT2D eigenvalue weighted by molar-refractivity contribution is -0.122. The Kier molecular flexibility index (Phi) is 4.81. The Hall–Kier alpha value is -1.35. The van der Waals surface area contributed by atoms with Crippen molar-refractivity contribution in [2.24, 2.45) is 5.92 Å². The Balaban J connectivity index is 1.80. The van der Waals surface area contributed by atoms with Crippen LogP contribution in [0.1, 0.15) is 43.7 Å². The van der Waals surface area contributed by atoms with Gasteiger partial charge in [0.15, 0.2) is 0 Å². The standard InChI is InChI=1S/C17H25NO2/c1-13-6-8-17(20,9-7-13)12-18-16(19)11-15-5-3-4-14(2)10-15/h3-5,10,13,20H,6-9,11-12H2,1-2H3,(H,18,19). The van der Waals surface area contributed by atoms with Crippen molar-refractivity contribution < 1.29 is 9.90 Å². The molecule has 0 radical (unpaired) electrons. The Morgan fingerprint density at radius 3 is 2.75 bits per heavy atom. The molecule has 1 fully saturated rings. The highest BCUT2D eigenvalue weighted by Crippen LogP contribution is 2.31. The van der Waals surface area contributed by atoms with Crippen LogP contribution >= 0.6 is 0 Å². The number of amides is 1. The maximum atomic E-state index is 12.0. The lowest BCUT2D eigenvalue weighted by Crippen LogP contribution is -2.45. The monoisotopic (exact) mass is 275 g/mol. The summed E-state index contributed by atoms with van der Waals surface area (Å²) in [7, 11) is 0. The molecule has 1 aromatic carbocycles. The van der Waals surface area contributed by atoms with Gasteiger partial charge >= 0.3 is 0 Å². The molecule has 1 aliphatic rings. The van der Waals surface area contributed by atoms with Crippen LogP contribution < -0.4 is 5.32 Å². The van der Waals surface area contributed by atoms with Gasteiger partial charge in [-0.2, -0.15) is 0 Å². The third-order valence-electron chi connectivity index (χ3n) is 4.27. The topological polar surface area (TPSA) is 49.3 Å². The number of aryl methyl sites for hydroxylation is 1. The van der Waals surface area contributed by atoms with E-state index in [0.29, 0.717) is 18.9 Å². The second kappa shape index (κ2) is 6.40. The predicted octanol–water partition coefficient (Wildman–Crippen LogP) is 2.59. The third-order valence-corrected chi connectivity index (χ3v) is 4.27. The van der Waals surface area contributed by atoms with Crippen LogP contribution in [0.5, 0.6) is 0 Å². The summed E-state index contributed by atoms with van der Waals surface area (Å²) in [6.07, 6.45) is 4.06. The highest BCUT2D eigenvalue weighted by atomic mass is 16.3. The molecular weight excluding hydrogens is 250 g/mol. The molecule has 2 N–H and O–H groups in total. The first kappa shape index (κ1) is 15.0. The van der Waals surface area contributed by atoms with Gasteiger partial charge < -0.3 is 10.4 Å². The van der Waals surface area contributed by atoms with E-state index >= 15 is 0 Å². The highest BCUT2D eigenvalue weighted by Gasteiger charge is 2.31. The summed E-state index contributed by atoms with van der Waals surface area (Å²) in [5.74, 6) is 0.681. The van der Waals surface area contributed by atoms with E-state index in [4.69, 9.17) is 0 Å². The molecule has 0 saturated heterocycles. The molecule has 20 heavy (non-hydrogen) atoms. The average molecular weight is 275 g/mol. The summed E-state index contributed by atoms with van der Waals surface area (Å²) < 4.78 is 0. The number of hydrogen-bond donors (Lipinski definition) is 2. The first-order valence-electron chi connectivity index (χ1n) is 7.51. The van der Waals surface area contributed by atoms with E-state index in [1.54, 1.807) is 0 Å². The second-order valence-corrected chi connectivity index (χ2v) is 6.35. The van der Waals surface area contributed by atoms with Crippen LogP contribution in [0.25, 0.3) is 0 Å². The smallest absolute Gasteiger partial charge is 0.224 e. The van der Waals surface area contributed by atoms with E-state index in [2.05, 4.69) is 12.2 Å². The molecule has 0 aliphatic heterocycles. The van der Waals surface area contributed by atoms with Gasteiger partial charge in [-0.1, -0.05) is 36.8 Å². The van der Waals surface area contributed by atoms with Gasteiger partial charge in [0.25, 0.3) is 0 Å². The number of rotatable bonds is 4. The molecule has 0 atom stereocenters. The molecule has 0 heterocycles. The van der Waals surface area contributed by atoms with Crippen LogP contribution in [0.2, 0.25) is 0 Å². The van der Waals surface area contributed by atoms with Crippen molar-refractivity contribution in [2.45, 2.75) is 51.6 Å². The number of carbonyl (C=O) groups is 1. The van der Waals surface area contributed by atoms with Crippen LogP contribution in [0.4, 0.5) is 0 Å². The molecule has 0 aromatic heterocycles. The number of aliphatic hydroxyl groups is 1. The number of nitrogens with one attached hydrogen (secondary N) is 1. The van der Waals surface area contributed by atoms with Crippen molar-refractivity contribution in [1.29, 1.82) is 0 Å². The fraction of sp³-hybridized carbons (Fsp3) is 0.588. The second-order valence-electron chi connectivity index (χ2n) is 6.35. The van der Waals surface area contributed by atoms with E-state index in [0.717, 1.165) is 36.8 Å². The molecule has 110 valence electrons. The summed E-state index contributed by atoms with van der Waals surface area (Å²) in [5, 5.41) is 13.3. The first-order valence-corrected chi connectivity index (χ1v) is 7.51. The van der Waals surface area contributed by atoms with Crippen molar-refractivity contribution in [3.05, 3.63) is 35.4 Å². The third kappa shape index (κ3) is 4.34. The molecule has 1 saturated carbocycles. The number of hydrogen-bond acceptors (Lipinski definition) is 2. The van der Waals surface area contributed by atoms with Crippen molar-refractivity contribution in [2.75, 3.05) is 6.54 Å². The van der Waals surface area contributed by atoms with Crippen molar-refractivity contribution >= 4 is 5.91 Å². The quantitative estimate of drug-likeness (QED) is 0.887. The summed E-state index contributed by atoms with van der Waals surface area (Å²) >= 11 is 0. The SMILES string of the molecule is Cc1cccc(CC(=O)NCC2(O)CCC(C)CC2)c1. The maximum absolute atomic E-state index is 12.0. The van der Waals surface area contributed by atoms with Crippen LogP contribution in [0, 0.1) is 12.8 Å². The molecule has 1 amide bonds. The van der Waals surface area contributed by atoms with Gasteiger partial charge in [-0.15, -0.1) is 0 Å². The largest absolute Gasteiger partial charge is 0.388 e. The number of benzene rings is 1. The lowest BCUT2D eigenvalue weighted by atomic mass is 9.79. The minimum absolute atomic E-state index is 0.0114. The van der Waals surface area contributed by atoms with Crippen LogP contribution in [-0.4, -0.2) is 23.2 Å². The van der Waals surface area contributed by atoms with E-state index in [-0.39, 0.29) is 5.91 Å². The molecule has 0 bridgehead atoms. The summed E-state index contributed by atoms with van der Waals surface area (Å²) in [6, 6.07) is 7.97. The predicted molar refractivity (Wildman–Crippen MR) is 80.5 cm³/mol. The molecule has 2 rings (SSSR count). The minimum Gasteiger partial charge on any atom is -0.388 e. The van der Waals surface area contributed by atoms with E-state index in [9.17, 15) is 9.90 Å².